The lowest BCUT2D eigenvalue weighted by Gasteiger charge is -2.27. The minimum atomic E-state index is 0.628. The molecule has 0 spiro atoms. The largest absolute Gasteiger partial charge is 0.308 e. The van der Waals surface area contributed by atoms with E-state index in [9.17, 15) is 0 Å². The molecule has 0 saturated carbocycles. The highest BCUT2D eigenvalue weighted by molar-refractivity contribution is 6.17. The van der Waals surface area contributed by atoms with Crippen LogP contribution in [0.1, 0.15) is 20.3 Å². The number of halogens is 1. The normalized spacial score (nSPS) is 12.0. The molecule has 0 rings (SSSR count). The van der Waals surface area contributed by atoms with E-state index in [2.05, 4.69) is 37.7 Å². The summed E-state index contributed by atoms with van der Waals surface area (Å²) >= 11 is 5.68. The highest BCUT2D eigenvalue weighted by Crippen LogP contribution is 2.00. The number of likely N-dealkylation sites (N-methyl/N-ethyl adjacent to an activating group) is 1. The molecule has 3 heteroatoms. The van der Waals surface area contributed by atoms with Crippen molar-refractivity contribution in [3.63, 3.8) is 0 Å². The van der Waals surface area contributed by atoms with Gasteiger partial charge in [-0.1, -0.05) is 0 Å². The van der Waals surface area contributed by atoms with Gasteiger partial charge in [0.1, 0.15) is 0 Å². The summed E-state index contributed by atoms with van der Waals surface area (Å²) in [5.74, 6) is 0.769. The number of nitrogens with zero attached hydrogens (tertiary/aromatic N) is 2. The lowest BCUT2D eigenvalue weighted by atomic mass is 10.3. The van der Waals surface area contributed by atoms with Crippen LogP contribution in [0.3, 0.4) is 0 Å². The zero-order chi connectivity index (χ0) is 10.3. The fourth-order valence-corrected chi connectivity index (χ4v) is 1.34. The third kappa shape index (κ3) is 7.29. The Morgan fingerprint density at radius 1 is 1.08 bits per heavy atom. The molecule has 0 N–H and O–H groups in total. The van der Waals surface area contributed by atoms with Crippen molar-refractivity contribution >= 4 is 11.6 Å². The van der Waals surface area contributed by atoms with Crippen LogP contribution in [0.4, 0.5) is 0 Å². The monoisotopic (exact) mass is 206 g/mol. The molecule has 2 nitrogen and oxygen atoms in total. The number of hydrogen-bond acceptors (Lipinski definition) is 2. The van der Waals surface area contributed by atoms with E-state index in [0.717, 1.165) is 31.9 Å². The molecule has 0 aromatic carbocycles. The number of hydrogen-bond donors (Lipinski definition) is 0. The van der Waals surface area contributed by atoms with Gasteiger partial charge in [0, 0.05) is 25.0 Å². The Hall–Kier alpha value is 0.210. The molecular formula is C10H23ClN2. The molecule has 0 heterocycles. The topological polar surface area (TPSA) is 6.48 Å². The Morgan fingerprint density at radius 3 is 2.08 bits per heavy atom. The first-order chi connectivity index (χ1) is 6.07. The van der Waals surface area contributed by atoms with Crippen molar-refractivity contribution < 1.29 is 0 Å². The molecule has 0 atom stereocenters. The summed E-state index contributed by atoms with van der Waals surface area (Å²) in [4.78, 5) is 4.69. The van der Waals surface area contributed by atoms with E-state index in [4.69, 9.17) is 11.6 Å². The fraction of sp³-hybridized carbons (Fsp3) is 1.00. The molecular weight excluding hydrogens is 184 g/mol. The van der Waals surface area contributed by atoms with Gasteiger partial charge < -0.3 is 4.90 Å². The molecule has 0 aliphatic heterocycles. The molecule has 0 bridgehead atoms. The summed E-state index contributed by atoms with van der Waals surface area (Å²) in [6.45, 7) is 7.87. The van der Waals surface area contributed by atoms with Crippen LogP contribution in [0.2, 0.25) is 0 Å². The van der Waals surface area contributed by atoms with E-state index in [0.29, 0.717) is 6.04 Å². The van der Waals surface area contributed by atoms with Crippen LogP contribution >= 0.6 is 11.6 Å². The fourth-order valence-electron chi connectivity index (χ4n) is 1.22. The molecule has 0 aliphatic rings. The third-order valence-corrected chi connectivity index (χ3v) is 2.41. The first-order valence-electron chi connectivity index (χ1n) is 5.02. The minimum absolute atomic E-state index is 0.628. The van der Waals surface area contributed by atoms with Gasteiger partial charge in [-0.2, -0.15) is 0 Å². The molecule has 0 aromatic rings. The Kier molecular flexibility index (Phi) is 7.72. The number of rotatable bonds is 7. The molecule has 0 aromatic heterocycles. The van der Waals surface area contributed by atoms with Crippen LogP contribution in [0.25, 0.3) is 0 Å². The Morgan fingerprint density at radius 2 is 1.69 bits per heavy atom. The van der Waals surface area contributed by atoms with Crippen LogP contribution < -0.4 is 0 Å². The van der Waals surface area contributed by atoms with Crippen LogP contribution in [0.5, 0.6) is 0 Å². The molecule has 0 amide bonds. The van der Waals surface area contributed by atoms with Gasteiger partial charge in [-0.15, -0.1) is 11.6 Å². The van der Waals surface area contributed by atoms with Crippen molar-refractivity contribution in [3.8, 4) is 0 Å². The second-order valence-corrected chi connectivity index (χ2v) is 4.35. The summed E-state index contributed by atoms with van der Waals surface area (Å²) < 4.78 is 0. The molecule has 0 radical (unpaired) electrons. The summed E-state index contributed by atoms with van der Waals surface area (Å²) in [7, 11) is 4.22. The second kappa shape index (κ2) is 7.60. The molecule has 0 aliphatic carbocycles. The molecule has 0 unspecified atom stereocenters. The third-order valence-electron chi connectivity index (χ3n) is 2.14. The molecule has 0 saturated heterocycles. The maximum atomic E-state index is 5.68. The lowest BCUT2D eigenvalue weighted by molar-refractivity contribution is 0.200. The summed E-state index contributed by atoms with van der Waals surface area (Å²) in [6.07, 6.45) is 1.09. The van der Waals surface area contributed by atoms with Gasteiger partial charge in [-0.3, -0.25) is 4.90 Å². The second-order valence-electron chi connectivity index (χ2n) is 3.98. The predicted molar refractivity (Wildman–Crippen MR) is 60.6 cm³/mol. The first kappa shape index (κ1) is 13.2. The van der Waals surface area contributed by atoms with E-state index >= 15 is 0 Å². The standard InChI is InChI=1S/C10H23ClN2/c1-10(2)13(7-5-6-11)9-8-12(3)4/h10H,5-9H2,1-4H3. The van der Waals surface area contributed by atoms with Crippen LogP contribution in [-0.4, -0.2) is 55.5 Å². The number of alkyl halides is 1. The van der Waals surface area contributed by atoms with Crippen LogP contribution in [0.15, 0.2) is 0 Å². The van der Waals surface area contributed by atoms with Crippen molar-refractivity contribution in [2.24, 2.45) is 0 Å². The maximum Gasteiger partial charge on any atom is 0.0235 e. The maximum absolute atomic E-state index is 5.68. The van der Waals surface area contributed by atoms with Crippen LogP contribution in [-0.2, 0) is 0 Å². The van der Waals surface area contributed by atoms with Crippen molar-refractivity contribution in [2.75, 3.05) is 39.6 Å². The lowest BCUT2D eigenvalue weighted by Crippen LogP contribution is -2.37. The summed E-state index contributed by atoms with van der Waals surface area (Å²) in [6, 6.07) is 0.628. The molecule has 0 fully saturated rings. The van der Waals surface area contributed by atoms with E-state index < -0.39 is 0 Å². The van der Waals surface area contributed by atoms with Crippen molar-refractivity contribution in [3.05, 3.63) is 0 Å². The van der Waals surface area contributed by atoms with Gasteiger partial charge >= 0.3 is 0 Å². The Balaban J connectivity index is 3.67. The smallest absolute Gasteiger partial charge is 0.0235 e. The first-order valence-corrected chi connectivity index (χ1v) is 5.56. The molecule has 80 valence electrons. The quantitative estimate of drug-likeness (QED) is 0.587. The van der Waals surface area contributed by atoms with E-state index in [-0.39, 0.29) is 0 Å². The minimum Gasteiger partial charge on any atom is -0.308 e. The SMILES string of the molecule is CC(C)N(CCCCl)CCN(C)C. The van der Waals surface area contributed by atoms with E-state index in [1.807, 2.05) is 0 Å². The zero-order valence-corrected chi connectivity index (χ0v) is 10.1. The summed E-state index contributed by atoms with van der Waals surface area (Å²) in [5, 5.41) is 0. The zero-order valence-electron chi connectivity index (χ0n) is 9.39. The van der Waals surface area contributed by atoms with Gasteiger partial charge in [0.2, 0.25) is 0 Å². The van der Waals surface area contributed by atoms with E-state index in [1.54, 1.807) is 0 Å². The van der Waals surface area contributed by atoms with Gasteiger partial charge in [-0.25, -0.2) is 0 Å². The molecule has 13 heavy (non-hydrogen) atoms. The Labute approximate surface area is 87.8 Å². The van der Waals surface area contributed by atoms with Crippen LogP contribution in [0, 0.1) is 0 Å². The van der Waals surface area contributed by atoms with E-state index in [1.165, 1.54) is 0 Å². The van der Waals surface area contributed by atoms with Crippen molar-refractivity contribution in [2.45, 2.75) is 26.3 Å². The van der Waals surface area contributed by atoms with Crippen molar-refractivity contribution in [1.82, 2.24) is 9.80 Å². The highest BCUT2D eigenvalue weighted by Gasteiger charge is 2.08. The summed E-state index contributed by atoms with van der Waals surface area (Å²) in [5.41, 5.74) is 0. The van der Waals surface area contributed by atoms with Gasteiger partial charge in [0.05, 0.1) is 0 Å². The van der Waals surface area contributed by atoms with Gasteiger partial charge in [0.15, 0.2) is 0 Å². The average Bonchev–Trinajstić information content (AvgIpc) is 2.03. The average molecular weight is 207 g/mol. The predicted octanol–water partition coefficient (Wildman–Crippen LogP) is 1.89. The Bertz CT molecular complexity index is 115. The van der Waals surface area contributed by atoms with Gasteiger partial charge in [-0.05, 0) is 40.9 Å². The van der Waals surface area contributed by atoms with Gasteiger partial charge in [0.25, 0.3) is 0 Å². The van der Waals surface area contributed by atoms with Crippen molar-refractivity contribution in [1.29, 1.82) is 0 Å². The highest BCUT2D eigenvalue weighted by atomic mass is 35.5.